The van der Waals surface area contributed by atoms with E-state index in [1.165, 1.54) is 0 Å². The van der Waals surface area contributed by atoms with E-state index >= 15 is 0 Å². The van der Waals surface area contributed by atoms with Gasteiger partial charge < -0.3 is 10.2 Å². The normalized spacial score (nSPS) is 18.8. The smallest absolute Gasteiger partial charge is 0.227 e. The van der Waals surface area contributed by atoms with E-state index in [1.54, 1.807) is 0 Å². The maximum Gasteiger partial charge on any atom is 0.227 e. The first-order valence-corrected chi connectivity index (χ1v) is 7.85. The van der Waals surface area contributed by atoms with Gasteiger partial charge in [-0.05, 0) is 26.2 Å². The molecule has 1 heterocycles. The molecule has 1 atom stereocenters. The molecule has 1 saturated heterocycles. The molecule has 1 fully saturated rings. The molecule has 0 aromatic carbocycles. The monoisotopic (exact) mass is 282 g/mol. The summed E-state index contributed by atoms with van der Waals surface area (Å²) >= 11 is 0. The number of piperidine rings is 1. The van der Waals surface area contributed by atoms with Crippen LogP contribution in [0.25, 0.3) is 0 Å². The summed E-state index contributed by atoms with van der Waals surface area (Å²) in [5.41, 5.74) is -0.329. The lowest BCUT2D eigenvalue weighted by Gasteiger charge is -2.35. The largest absolute Gasteiger partial charge is 0.353 e. The number of nitrogens with one attached hydrogen (secondary N) is 1. The molecular weight excluding hydrogens is 252 g/mol. The summed E-state index contributed by atoms with van der Waals surface area (Å²) in [5, 5.41) is 3.08. The minimum Gasteiger partial charge on any atom is -0.353 e. The lowest BCUT2D eigenvalue weighted by molar-refractivity contribution is -0.142. The third-order valence-corrected chi connectivity index (χ3v) is 3.90. The molecular formula is C16H30N2O2. The van der Waals surface area contributed by atoms with Crippen LogP contribution >= 0.6 is 0 Å². The van der Waals surface area contributed by atoms with Crippen LogP contribution in [0.1, 0.15) is 60.3 Å². The molecule has 1 aliphatic rings. The van der Waals surface area contributed by atoms with Crippen molar-refractivity contribution < 1.29 is 9.59 Å². The Labute approximate surface area is 123 Å². The van der Waals surface area contributed by atoms with E-state index in [0.29, 0.717) is 13.1 Å². The number of likely N-dealkylation sites (tertiary alicyclic amines) is 1. The molecule has 1 N–H and O–H groups in total. The Balaban J connectivity index is 2.42. The molecule has 0 bridgehead atoms. The van der Waals surface area contributed by atoms with Crippen LogP contribution in [0.3, 0.4) is 0 Å². The van der Waals surface area contributed by atoms with Gasteiger partial charge in [0.25, 0.3) is 0 Å². The predicted molar refractivity (Wildman–Crippen MR) is 81.3 cm³/mol. The fraction of sp³-hybridized carbons (Fsp3) is 0.875. The number of carbonyl (C=O) groups excluding carboxylic acids is 2. The van der Waals surface area contributed by atoms with Gasteiger partial charge >= 0.3 is 0 Å². The zero-order valence-electron chi connectivity index (χ0n) is 13.7. The van der Waals surface area contributed by atoms with Crippen LogP contribution in [-0.2, 0) is 9.59 Å². The Morgan fingerprint density at radius 2 is 1.80 bits per heavy atom. The quantitative estimate of drug-likeness (QED) is 0.861. The number of carbonyl (C=O) groups is 2. The van der Waals surface area contributed by atoms with Gasteiger partial charge in [0, 0.05) is 30.5 Å². The van der Waals surface area contributed by atoms with Gasteiger partial charge in [-0.3, -0.25) is 9.59 Å². The van der Waals surface area contributed by atoms with E-state index in [1.807, 2.05) is 25.7 Å². The molecule has 20 heavy (non-hydrogen) atoms. The number of hydrogen-bond donors (Lipinski definition) is 1. The van der Waals surface area contributed by atoms with Crippen molar-refractivity contribution in [1.29, 1.82) is 0 Å². The van der Waals surface area contributed by atoms with Crippen molar-refractivity contribution in [3.63, 3.8) is 0 Å². The highest BCUT2D eigenvalue weighted by atomic mass is 16.2. The molecule has 1 aliphatic heterocycles. The summed E-state index contributed by atoms with van der Waals surface area (Å²) < 4.78 is 0. The topological polar surface area (TPSA) is 49.4 Å². The number of hydrogen-bond acceptors (Lipinski definition) is 2. The molecule has 0 aromatic rings. The van der Waals surface area contributed by atoms with Crippen LogP contribution < -0.4 is 5.32 Å². The van der Waals surface area contributed by atoms with Gasteiger partial charge in [-0.1, -0.05) is 34.1 Å². The summed E-state index contributed by atoms with van der Waals surface area (Å²) in [6.45, 7) is 11.4. The van der Waals surface area contributed by atoms with Crippen molar-refractivity contribution in [1.82, 2.24) is 10.2 Å². The minimum atomic E-state index is -0.329. The molecule has 4 heteroatoms. The SMILES string of the molecule is CCC[C@H](C)NC(=O)C1CCN(C(=O)C(C)(C)C)CC1. The van der Waals surface area contributed by atoms with Gasteiger partial charge in [-0.2, -0.15) is 0 Å². The van der Waals surface area contributed by atoms with Crippen molar-refractivity contribution in [3.8, 4) is 0 Å². The zero-order chi connectivity index (χ0) is 15.3. The Morgan fingerprint density at radius 1 is 1.25 bits per heavy atom. The molecule has 4 nitrogen and oxygen atoms in total. The maximum atomic E-state index is 12.2. The second kappa shape index (κ2) is 7.09. The van der Waals surface area contributed by atoms with E-state index in [4.69, 9.17) is 0 Å². The number of amides is 2. The predicted octanol–water partition coefficient (Wildman–Crippen LogP) is 2.58. The summed E-state index contributed by atoms with van der Waals surface area (Å²) in [6.07, 6.45) is 3.67. The zero-order valence-corrected chi connectivity index (χ0v) is 13.7. The lowest BCUT2D eigenvalue weighted by Crippen LogP contribution is -2.47. The van der Waals surface area contributed by atoms with Gasteiger partial charge in [0.05, 0.1) is 0 Å². The number of nitrogens with zero attached hydrogens (tertiary/aromatic N) is 1. The summed E-state index contributed by atoms with van der Waals surface area (Å²) in [7, 11) is 0. The standard InChI is InChI=1S/C16H30N2O2/c1-6-7-12(2)17-14(19)13-8-10-18(11-9-13)15(20)16(3,4)5/h12-13H,6-11H2,1-5H3,(H,17,19)/t12-/m0/s1. The molecule has 0 unspecified atom stereocenters. The fourth-order valence-electron chi connectivity index (χ4n) is 2.68. The van der Waals surface area contributed by atoms with Crippen LogP contribution in [0, 0.1) is 11.3 Å². The van der Waals surface area contributed by atoms with E-state index < -0.39 is 0 Å². The van der Waals surface area contributed by atoms with Crippen molar-refractivity contribution in [2.45, 2.75) is 66.3 Å². The molecule has 2 amide bonds. The van der Waals surface area contributed by atoms with Crippen LogP contribution in [0.2, 0.25) is 0 Å². The molecule has 0 radical (unpaired) electrons. The maximum absolute atomic E-state index is 12.2. The van der Waals surface area contributed by atoms with Crippen molar-refractivity contribution >= 4 is 11.8 Å². The highest BCUT2D eigenvalue weighted by Gasteiger charge is 2.32. The molecule has 0 aromatic heterocycles. The molecule has 116 valence electrons. The van der Waals surface area contributed by atoms with Gasteiger partial charge in [-0.15, -0.1) is 0 Å². The molecule has 0 aliphatic carbocycles. The lowest BCUT2D eigenvalue weighted by atomic mass is 9.90. The summed E-state index contributed by atoms with van der Waals surface area (Å²) in [5.74, 6) is 0.419. The first kappa shape index (κ1) is 17.0. The second-order valence-electron chi connectivity index (χ2n) is 7.01. The Kier molecular flexibility index (Phi) is 6.03. The summed E-state index contributed by atoms with van der Waals surface area (Å²) in [4.78, 5) is 26.2. The van der Waals surface area contributed by atoms with Crippen LogP contribution in [0.15, 0.2) is 0 Å². The minimum absolute atomic E-state index is 0.0679. The Hall–Kier alpha value is -1.06. The average Bonchev–Trinajstić information content (AvgIpc) is 2.37. The van der Waals surface area contributed by atoms with Gasteiger partial charge in [0.1, 0.15) is 0 Å². The van der Waals surface area contributed by atoms with Gasteiger partial charge in [0.2, 0.25) is 11.8 Å². The highest BCUT2D eigenvalue weighted by molar-refractivity contribution is 5.82. The molecule has 0 spiro atoms. The van der Waals surface area contributed by atoms with Crippen LogP contribution in [0.4, 0.5) is 0 Å². The Bertz CT molecular complexity index is 339. The van der Waals surface area contributed by atoms with E-state index in [2.05, 4.69) is 19.2 Å². The van der Waals surface area contributed by atoms with E-state index in [9.17, 15) is 9.59 Å². The average molecular weight is 282 g/mol. The highest BCUT2D eigenvalue weighted by Crippen LogP contribution is 2.23. The van der Waals surface area contributed by atoms with Crippen molar-refractivity contribution in [3.05, 3.63) is 0 Å². The third kappa shape index (κ3) is 4.80. The fourth-order valence-corrected chi connectivity index (χ4v) is 2.68. The van der Waals surface area contributed by atoms with E-state index in [-0.39, 0.29) is 29.2 Å². The molecule has 0 saturated carbocycles. The van der Waals surface area contributed by atoms with Crippen LogP contribution in [0.5, 0.6) is 0 Å². The van der Waals surface area contributed by atoms with Gasteiger partial charge in [-0.25, -0.2) is 0 Å². The first-order chi connectivity index (χ1) is 9.25. The van der Waals surface area contributed by atoms with Gasteiger partial charge in [0.15, 0.2) is 0 Å². The number of rotatable bonds is 4. The Morgan fingerprint density at radius 3 is 2.25 bits per heavy atom. The molecule has 1 rings (SSSR count). The second-order valence-corrected chi connectivity index (χ2v) is 7.01. The van der Waals surface area contributed by atoms with Crippen molar-refractivity contribution in [2.24, 2.45) is 11.3 Å². The van der Waals surface area contributed by atoms with Crippen molar-refractivity contribution in [2.75, 3.05) is 13.1 Å². The third-order valence-electron chi connectivity index (χ3n) is 3.90. The van der Waals surface area contributed by atoms with Crippen LogP contribution in [-0.4, -0.2) is 35.8 Å². The summed E-state index contributed by atoms with van der Waals surface area (Å²) in [6, 6.07) is 0.252. The first-order valence-electron chi connectivity index (χ1n) is 7.85. The van der Waals surface area contributed by atoms with E-state index in [0.717, 1.165) is 25.7 Å².